The number of terminal acetylenes is 1. The van der Waals surface area contributed by atoms with Crippen LogP contribution in [0.15, 0.2) is 0 Å². The fourth-order valence-corrected chi connectivity index (χ4v) is 1.89. The van der Waals surface area contributed by atoms with E-state index in [4.69, 9.17) is 11.2 Å². The van der Waals surface area contributed by atoms with Gasteiger partial charge in [0, 0.05) is 13.7 Å². The van der Waals surface area contributed by atoms with Gasteiger partial charge in [0.25, 0.3) is 0 Å². The van der Waals surface area contributed by atoms with Crippen molar-refractivity contribution in [3.05, 3.63) is 0 Å². The molecule has 5 heteroatoms. The molecule has 0 aliphatic carbocycles. The summed E-state index contributed by atoms with van der Waals surface area (Å²) in [5, 5.41) is 12.5. The number of likely N-dealkylation sites (N-methyl/N-ethyl adjacent to an activating group) is 1. The Balaban J connectivity index is 4.27. The van der Waals surface area contributed by atoms with Gasteiger partial charge >= 0.3 is 0 Å². The third-order valence-electron chi connectivity index (χ3n) is 3.16. The van der Waals surface area contributed by atoms with Crippen molar-refractivity contribution < 1.29 is 14.6 Å². The highest BCUT2D eigenvalue weighted by Gasteiger charge is 2.25. The molecule has 0 aromatic carbocycles. The quantitative estimate of drug-likeness (QED) is 0.589. The minimum absolute atomic E-state index is 0.131. The van der Waals surface area contributed by atoms with Crippen molar-refractivity contribution in [1.82, 2.24) is 10.2 Å². The van der Waals surface area contributed by atoms with Gasteiger partial charge in [0.1, 0.15) is 5.54 Å². The van der Waals surface area contributed by atoms with Crippen LogP contribution in [-0.2, 0) is 9.53 Å². The first kappa shape index (κ1) is 17.9. The van der Waals surface area contributed by atoms with E-state index in [1.165, 1.54) is 7.11 Å². The first-order valence-corrected chi connectivity index (χ1v) is 6.57. The van der Waals surface area contributed by atoms with E-state index in [1.54, 1.807) is 11.9 Å². The molecule has 0 saturated heterocycles. The molecular weight excluding hydrogens is 244 g/mol. The highest BCUT2D eigenvalue weighted by Crippen LogP contribution is 2.13. The van der Waals surface area contributed by atoms with Crippen LogP contribution < -0.4 is 5.32 Å². The number of amides is 1. The van der Waals surface area contributed by atoms with Gasteiger partial charge in [-0.3, -0.25) is 9.69 Å². The maximum Gasteiger partial charge on any atom is 0.235 e. The zero-order valence-corrected chi connectivity index (χ0v) is 12.4. The highest BCUT2D eigenvalue weighted by molar-refractivity contribution is 5.79. The molecule has 0 spiro atoms. The van der Waals surface area contributed by atoms with Crippen LogP contribution >= 0.6 is 0 Å². The van der Waals surface area contributed by atoms with Gasteiger partial charge in [0.15, 0.2) is 0 Å². The third-order valence-corrected chi connectivity index (χ3v) is 3.16. The number of carbonyl (C=O) groups is 1. The maximum absolute atomic E-state index is 11.9. The van der Waals surface area contributed by atoms with Crippen molar-refractivity contribution >= 4 is 5.91 Å². The summed E-state index contributed by atoms with van der Waals surface area (Å²) in [7, 11) is 3.30. The third kappa shape index (κ3) is 6.58. The summed E-state index contributed by atoms with van der Waals surface area (Å²) in [6, 6.07) is 0. The van der Waals surface area contributed by atoms with E-state index in [0.717, 1.165) is 0 Å². The van der Waals surface area contributed by atoms with E-state index in [1.807, 2.05) is 13.8 Å². The van der Waals surface area contributed by atoms with E-state index < -0.39 is 11.6 Å². The number of aliphatic hydroxyl groups is 1. The SMILES string of the molecule is C#CC(CC)(CC)NC(=O)CN(C)CC(O)COC. The molecule has 0 aliphatic rings. The van der Waals surface area contributed by atoms with Gasteiger partial charge in [-0.15, -0.1) is 6.42 Å². The van der Waals surface area contributed by atoms with Crippen molar-refractivity contribution in [2.24, 2.45) is 0 Å². The molecule has 0 fully saturated rings. The number of carbonyl (C=O) groups excluding carboxylic acids is 1. The molecule has 1 amide bonds. The monoisotopic (exact) mass is 270 g/mol. The largest absolute Gasteiger partial charge is 0.389 e. The lowest BCUT2D eigenvalue weighted by atomic mass is 9.94. The standard InChI is InChI=1S/C14H26N2O3/c1-6-14(7-2,8-3)15-13(18)10-16(4)9-12(17)11-19-5/h1,12,17H,7-11H2,2-5H3,(H,15,18). The molecule has 1 atom stereocenters. The molecule has 110 valence electrons. The summed E-state index contributed by atoms with van der Waals surface area (Å²) in [6.07, 6.45) is 6.29. The molecule has 0 saturated carbocycles. The van der Waals surface area contributed by atoms with Crippen LogP contribution in [0.5, 0.6) is 0 Å². The molecule has 0 bridgehead atoms. The molecule has 0 aromatic rings. The molecule has 1 unspecified atom stereocenters. The van der Waals surface area contributed by atoms with Gasteiger partial charge in [0.2, 0.25) is 5.91 Å². The molecule has 0 aliphatic heterocycles. The highest BCUT2D eigenvalue weighted by atomic mass is 16.5. The number of rotatable bonds is 9. The Hall–Kier alpha value is -1.09. The van der Waals surface area contributed by atoms with E-state index in [9.17, 15) is 9.90 Å². The van der Waals surface area contributed by atoms with E-state index in [0.29, 0.717) is 19.4 Å². The fraction of sp³-hybridized carbons (Fsp3) is 0.786. The fourth-order valence-electron chi connectivity index (χ4n) is 1.89. The number of hydrogen-bond donors (Lipinski definition) is 2. The van der Waals surface area contributed by atoms with E-state index >= 15 is 0 Å². The van der Waals surface area contributed by atoms with Crippen LogP contribution in [0.1, 0.15) is 26.7 Å². The van der Waals surface area contributed by atoms with Crippen LogP contribution in [0.25, 0.3) is 0 Å². The second-order valence-electron chi connectivity index (χ2n) is 4.79. The molecular formula is C14H26N2O3. The summed E-state index contributed by atoms with van der Waals surface area (Å²) in [5.41, 5.74) is -0.566. The first-order valence-electron chi connectivity index (χ1n) is 6.57. The Labute approximate surface area is 116 Å². The number of hydrogen-bond acceptors (Lipinski definition) is 4. The van der Waals surface area contributed by atoms with Crippen molar-refractivity contribution in [2.45, 2.75) is 38.3 Å². The Kier molecular flexibility index (Phi) is 8.41. The second-order valence-corrected chi connectivity index (χ2v) is 4.79. The lowest BCUT2D eigenvalue weighted by Crippen LogP contribution is -2.50. The summed E-state index contributed by atoms with van der Waals surface area (Å²) in [4.78, 5) is 13.7. The lowest BCUT2D eigenvalue weighted by Gasteiger charge is -2.28. The van der Waals surface area contributed by atoms with Gasteiger partial charge in [-0.2, -0.15) is 0 Å². The summed E-state index contributed by atoms with van der Waals surface area (Å²) < 4.78 is 4.84. The molecule has 19 heavy (non-hydrogen) atoms. The first-order chi connectivity index (χ1) is 8.92. The van der Waals surface area contributed by atoms with Gasteiger partial charge in [-0.1, -0.05) is 19.8 Å². The average Bonchev–Trinajstić information content (AvgIpc) is 2.36. The predicted molar refractivity (Wildman–Crippen MR) is 75.7 cm³/mol. The van der Waals surface area contributed by atoms with Crippen LogP contribution in [-0.4, -0.2) is 61.4 Å². The van der Waals surface area contributed by atoms with E-state index in [2.05, 4.69) is 11.2 Å². The van der Waals surface area contributed by atoms with Gasteiger partial charge in [0.05, 0.1) is 19.3 Å². The molecule has 5 nitrogen and oxygen atoms in total. The summed E-state index contributed by atoms with van der Waals surface area (Å²) in [5.74, 6) is 2.53. The average molecular weight is 270 g/mol. The second kappa shape index (κ2) is 8.92. The molecule has 0 rings (SSSR count). The van der Waals surface area contributed by atoms with Crippen LogP contribution in [0.3, 0.4) is 0 Å². The minimum atomic E-state index is -0.599. The predicted octanol–water partition coefficient (Wildman–Crippen LogP) is 0.234. The number of aliphatic hydroxyl groups excluding tert-OH is 1. The van der Waals surface area contributed by atoms with Gasteiger partial charge in [-0.05, 0) is 19.9 Å². The lowest BCUT2D eigenvalue weighted by molar-refractivity contribution is -0.123. The van der Waals surface area contributed by atoms with Gasteiger partial charge in [-0.25, -0.2) is 0 Å². The van der Waals surface area contributed by atoms with Crippen molar-refractivity contribution in [3.8, 4) is 12.3 Å². The Bertz CT molecular complexity index is 308. The molecule has 2 N–H and O–H groups in total. The Morgan fingerprint density at radius 1 is 1.53 bits per heavy atom. The number of ether oxygens (including phenoxy) is 1. The topological polar surface area (TPSA) is 61.8 Å². The summed E-state index contributed by atoms with van der Waals surface area (Å²) >= 11 is 0. The Morgan fingerprint density at radius 3 is 2.53 bits per heavy atom. The molecule has 0 radical (unpaired) electrons. The Morgan fingerprint density at radius 2 is 2.11 bits per heavy atom. The minimum Gasteiger partial charge on any atom is -0.389 e. The normalized spacial score (nSPS) is 13.1. The van der Waals surface area contributed by atoms with Crippen LogP contribution in [0, 0.1) is 12.3 Å². The molecule has 0 heterocycles. The molecule has 0 aromatic heterocycles. The van der Waals surface area contributed by atoms with Gasteiger partial charge < -0.3 is 15.2 Å². The maximum atomic E-state index is 11.9. The van der Waals surface area contributed by atoms with Crippen molar-refractivity contribution in [3.63, 3.8) is 0 Å². The smallest absolute Gasteiger partial charge is 0.235 e. The zero-order chi connectivity index (χ0) is 14.9. The van der Waals surface area contributed by atoms with Crippen molar-refractivity contribution in [1.29, 1.82) is 0 Å². The summed E-state index contributed by atoms with van der Waals surface area (Å²) in [6.45, 7) is 4.74. The van der Waals surface area contributed by atoms with E-state index in [-0.39, 0.29) is 19.1 Å². The van der Waals surface area contributed by atoms with Crippen molar-refractivity contribution in [2.75, 3.05) is 33.9 Å². The number of methoxy groups -OCH3 is 1. The number of nitrogens with zero attached hydrogens (tertiary/aromatic N) is 1. The number of nitrogens with one attached hydrogen (secondary N) is 1. The zero-order valence-electron chi connectivity index (χ0n) is 12.4. The van der Waals surface area contributed by atoms with Crippen LogP contribution in [0.4, 0.5) is 0 Å². The van der Waals surface area contributed by atoms with Crippen LogP contribution in [0.2, 0.25) is 0 Å².